The molecule has 1 nitrogen and oxygen atoms in total. The molecule has 0 radical (unpaired) electrons. The van der Waals surface area contributed by atoms with Gasteiger partial charge < -0.3 is 5.32 Å². The van der Waals surface area contributed by atoms with E-state index in [0.29, 0.717) is 6.04 Å². The lowest BCUT2D eigenvalue weighted by atomic mass is 9.72. The van der Waals surface area contributed by atoms with Gasteiger partial charge in [0.2, 0.25) is 0 Å². The number of aryl methyl sites for hydroxylation is 1. The van der Waals surface area contributed by atoms with Crippen LogP contribution < -0.4 is 5.32 Å². The summed E-state index contributed by atoms with van der Waals surface area (Å²) in [6, 6.07) is 9.77. The van der Waals surface area contributed by atoms with Crippen LogP contribution in [0.15, 0.2) is 24.3 Å². The van der Waals surface area contributed by atoms with Crippen molar-refractivity contribution in [2.75, 3.05) is 6.54 Å². The molecule has 1 fully saturated rings. The highest BCUT2D eigenvalue weighted by molar-refractivity contribution is 5.22. The summed E-state index contributed by atoms with van der Waals surface area (Å²) in [4.78, 5) is 0. The first-order valence-electron chi connectivity index (χ1n) is 8.89. The van der Waals surface area contributed by atoms with Crippen LogP contribution in [0.4, 0.5) is 0 Å². The van der Waals surface area contributed by atoms with Crippen molar-refractivity contribution >= 4 is 0 Å². The van der Waals surface area contributed by atoms with Gasteiger partial charge in [0.1, 0.15) is 0 Å². The lowest BCUT2D eigenvalue weighted by Gasteiger charge is -2.37. The topological polar surface area (TPSA) is 12.0 Å². The van der Waals surface area contributed by atoms with Crippen molar-refractivity contribution in [2.24, 2.45) is 17.8 Å². The second-order valence-corrected chi connectivity index (χ2v) is 7.28. The van der Waals surface area contributed by atoms with Gasteiger partial charge in [0.25, 0.3) is 0 Å². The first kappa shape index (κ1) is 16.5. The van der Waals surface area contributed by atoms with Crippen LogP contribution in [0.5, 0.6) is 0 Å². The molecule has 1 aliphatic rings. The third-order valence-corrected chi connectivity index (χ3v) is 5.44. The fourth-order valence-corrected chi connectivity index (χ4v) is 3.67. The Balaban J connectivity index is 2.01. The van der Waals surface area contributed by atoms with E-state index in [1.165, 1.54) is 43.2 Å². The van der Waals surface area contributed by atoms with E-state index < -0.39 is 0 Å². The van der Waals surface area contributed by atoms with Gasteiger partial charge in [-0.1, -0.05) is 57.0 Å². The number of hydrogen-bond acceptors (Lipinski definition) is 1. The summed E-state index contributed by atoms with van der Waals surface area (Å²) in [5, 5.41) is 3.84. The van der Waals surface area contributed by atoms with Gasteiger partial charge in [-0.25, -0.2) is 0 Å². The highest BCUT2D eigenvalue weighted by atomic mass is 14.9. The number of benzene rings is 1. The molecule has 2 rings (SSSR count). The molecular formula is C20H33N. The Morgan fingerprint density at radius 1 is 1.10 bits per heavy atom. The Bertz CT molecular complexity index is 408. The maximum atomic E-state index is 3.84. The molecule has 0 bridgehead atoms. The van der Waals surface area contributed by atoms with Gasteiger partial charge in [0.15, 0.2) is 0 Å². The minimum absolute atomic E-state index is 0.655. The highest BCUT2D eigenvalue weighted by Gasteiger charge is 2.29. The predicted molar refractivity (Wildman–Crippen MR) is 92.6 cm³/mol. The number of hydrogen-bond donors (Lipinski definition) is 1. The molecule has 0 saturated heterocycles. The summed E-state index contributed by atoms with van der Waals surface area (Å²) in [5.41, 5.74) is 2.84. The van der Waals surface area contributed by atoms with Crippen LogP contribution in [-0.2, 0) is 6.42 Å². The van der Waals surface area contributed by atoms with Gasteiger partial charge in [-0.2, -0.15) is 0 Å². The zero-order valence-corrected chi connectivity index (χ0v) is 14.4. The van der Waals surface area contributed by atoms with Crippen molar-refractivity contribution in [1.82, 2.24) is 5.32 Å². The molecule has 1 saturated carbocycles. The zero-order chi connectivity index (χ0) is 15.2. The number of nitrogens with one attached hydrogen (secondary N) is 1. The average Bonchev–Trinajstić information content (AvgIpc) is 2.48. The molecule has 118 valence electrons. The molecule has 1 aromatic rings. The van der Waals surface area contributed by atoms with Crippen LogP contribution in [0, 0.1) is 24.7 Å². The van der Waals surface area contributed by atoms with Gasteiger partial charge in [-0.05, 0) is 62.5 Å². The van der Waals surface area contributed by atoms with Crippen molar-refractivity contribution < 1.29 is 0 Å². The normalized spacial score (nSPS) is 27.5. The second kappa shape index (κ2) is 7.98. The lowest BCUT2D eigenvalue weighted by Crippen LogP contribution is -2.41. The fourth-order valence-electron chi connectivity index (χ4n) is 3.67. The Morgan fingerprint density at radius 2 is 1.81 bits per heavy atom. The van der Waals surface area contributed by atoms with Gasteiger partial charge in [0.05, 0.1) is 0 Å². The Morgan fingerprint density at radius 3 is 2.43 bits per heavy atom. The van der Waals surface area contributed by atoms with E-state index in [0.717, 1.165) is 24.3 Å². The summed E-state index contributed by atoms with van der Waals surface area (Å²) in [7, 11) is 0. The lowest BCUT2D eigenvalue weighted by molar-refractivity contribution is 0.170. The molecular weight excluding hydrogens is 254 g/mol. The van der Waals surface area contributed by atoms with Crippen LogP contribution in [0.3, 0.4) is 0 Å². The molecule has 1 heteroatoms. The zero-order valence-electron chi connectivity index (χ0n) is 14.4. The van der Waals surface area contributed by atoms with E-state index in [1.807, 2.05) is 0 Å². The van der Waals surface area contributed by atoms with Crippen LogP contribution in [0.1, 0.15) is 57.6 Å². The Kier molecular flexibility index (Phi) is 6.29. The van der Waals surface area contributed by atoms with Gasteiger partial charge >= 0.3 is 0 Å². The molecule has 1 aliphatic carbocycles. The monoisotopic (exact) mass is 287 g/mol. The van der Waals surface area contributed by atoms with Crippen LogP contribution >= 0.6 is 0 Å². The summed E-state index contributed by atoms with van der Waals surface area (Å²) >= 11 is 0. The summed E-state index contributed by atoms with van der Waals surface area (Å²) in [6.45, 7) is 10.5. The molecule has 4 unspecified atom stereocenters. The molecule has 4 atom stereocenters. The van der Waals surface area contributed by atoms with Gasteiger partial charge in [0, 0.05) is 6.04 Å². The summed E-state index contributed by atoms with van der Waals surface area (Å²) < 4.78 is 0. The predicted octanol–water partition coefficient (Wildman–Crippen LogP) is 4.98. The minimum Gasteiger partial charge on any atom is -0.313 e. The first-order chi connectivity index (χ1) is 10.1. The molecule has 0 spiro atoms. The van der Waals surface area contributed by atoms with E-state index in [4.69, 9.17) is 0 Å². The van der Waals surface area contributed by atoms with Crippen molar-refractivity contribution in [3.05, 3.63) is 35.4 Å². The summed E-state index contributed by atoms with van der Waals surface area (Å²) in [5.74, 6) is 2.64. The largest absolute Gasteiger partial charge is 0.313 e. The maximum Gasteiger partial charge on any atom is 0.0136 e. The van der Waals surface area contributed by atoms with Gasteiger partial charge in [-0.3, -0.25) is 0 Å². The molecule has 21 heavy (non-hydrogen) atoms. The van der Waals surface area contributed by atoms with Crippen LogP contribution in [0.2, 0.25) is 0 Å². The molecule has 0 heterocycles. The third kappa shape index (κ3) is 4.85. The molecule has 0 aromatic heterocycles. The van der Waals surface area contributed by atoms with E-state index >= 15 is 0 Å². The highest BCUT2D eigenvalue weighted by Crippen LogP contribution is 2.35. The Labute approximate surface area is 131 Å². The maximum absolute atomic E-state index is 3.84. The molecule has 1 N–H and O–H groups in total. The third-order valence-electron chi connectivity index (χ3n) is 5.44. The fraction of sp³-hybridized carbons (Fsp3) is 0.700. The van der Waals surface area contributed by atoms with E-state index in [2.05, 4.69) is 57.3 Å². The van der Waals surface area contributed by atoms with Crippen molar-refractivity contribution in [3.8, 4) is 0 Å². The van der Waals surface area contributed by atoms with Crippen molar-refractivity contribution in [3.63, 3.8) is 0 Å². The quantitative estimate of drug-likeness (QED) is 0.778. The van der Waals surface area contributed by atoms with Crippen LogP contribution in [0.25, 0.3) is 0 Å². The van der Waals surface area contributed by atoms with E-state index in [1.54, 1.807) is 0 Å². The molecule has 0 aliphatic heterocycles. The number of rotatable bonds is 6. The van der Waals surface area contributed by atoms with E-state index in [9.17, 15) is 0 Å². The molecule has 1 aromatic carbocycles. The van der Waals surface area contributed by atoms with Crippen molar-refractivity contribution in [2.45, 2.75) is 65.8 Å². The minimum atomic E-state index is 0.655. The standard InChI is InChI=1S/C20H33N/c1-5-12-21-20(14-18-9-6-15(2)7-10-18)19-11-8-16(3)17(4)13-19/h6-7,9-10,16-17,19-21H,5,8,11-14H2,1-4H3. The van der Waals surface area contributed by atoms with Crippen molar-refractivity contribution in [1.29, 1.82) is 0 Å². The smallest absolute Gasteiger partial charge is 0.0136 e. The molecule has 0 amide bonds. The van der Waals surface area contributed by atoms with Gasteiger partial charge in [-0.15, -0.1) is 0 Å². The van der Waals surface area contributed by atoms with E-state index in [-0.39, 0.29) is 0 Å². The van der Waals surface area contributed by atoms with Crippen LogP contribution in [-0.4, -0.2) is 12.6 Å². The Hall–Kier alpha value is -0.820. The summed E-state index contributed by atoms with van der Waals surface area (Å²) in [6.07, 6.45) is 6.62. The SMILES string of the molecule is CCCNC(Cc1ccc(C)cc1)C1CCC(C)C(C)C1. The average molecular weight is 287 g/mol. The second-order valence-electron chi connectivity index (χ2n) is 7.28. The first-order valence-corrected chi connectivity index (χ1v) is 8.89.